The molecule has 1 amide bonds. The molecule has 1 aromatic rings. The third-order valence-corrected chi connectivity index (χ3v) is 4.91. The molecule has 1 fully saturated rings. The van der Waals surface area contributed by atoms with Gasteiger partial charge in [0.25, 0.3) is 0 Å². The molecule has 0 spiro atoms. The van der Waals surface area contributed by atoms with Crippen LogP contribution >= 0.6 is 0 Å². The summed E-state index contributed by atoms with van der Waals surface area (Å²) in [6.07, 6.45) is 3.95. The highest BCUT2D eigenvalue weighted by atomic mass is 16.5. The average Bonchev–Trinajstić information content (AvgIpc) is 2.66. The van der Waals surface area contributed by atoms with Crippen LogP contribution in [0.1, 0.15) is 32.6 Å². The van der Waals surface area contributed by atoms with Gasteiger partial charge in [-0.2, -0.15) is 0 Å². The molecule has 25 heavy (non-hydrogen) atoms. The Labute approximate surface area is 151 Å². The SMILES string of the molecule is COCCNC(=O)CCC1CCN([C@H](C)COc2ccccc2)CC1. The number of piperidine rings is 1. The number of para-hydroxylation sites is 1. The van der Waals surface area contributed by atoms with Crippen molar-refractivity contribution >= 4 is 5.91 Å². The number of likely N-dealkylation sites (tertiary alicyclic amines) is 1. The van der Waals surface area contributed by atoms with E-state index in [-0.39, 0.29) is 5.91 Å². The monoisotopic (exact) mass is 348 g/mol. The molecule has 1 saturated heterocycles. The zero-order chi connectivity index (χ0) is 17.9. The molecule has 1 atom stereocenters. The van der Waals surface area contributed by atoms with Crippen molar-refractivity contribution in [2.75, 3.05) is 40.0 Å². The van der Waals surface area contributed by atoms with Crippen LogP contribution in [0.4, 0.5) is 0 Å². The largest absolute Gasteiger partial charge is 0.492 e. The first-order valence-electron chi connectivity index (χ1n) is 9.36. The predicted octanol–water partition coefficient (Wildman–Crippen LogP) is 2.71. The van der Waals surface area contributed by atoms with Gasteiger partial charge in [0.05, 0.1) is 6.61 Å². The number of nitrogens with one attached hydrogen (secondary N) is 1. The number of hydrogen-bond acceptors (Lipinski definition) is 4. The molecule has 1 N–H and O–H groups in total. The Bertz CT molecular complexity index is 487. The van der Waals surface area contributed by atoms with Crippen LogP contribution in [0.5, 0.6) is 5.75 Å². The molecule has 2 rings (SSSR count). The van der Waals surface area contributed by atoms with Crippen molar-refractivity contribution in [2.45, 2.75) is 38.6 Å². The Hall–Kier alpha value is -1.59. The molecule has 1 aromatic carbocycles. The minimum atomic E-state index is 0.143. The van der Waals surface area contributed by atoms with Gasteiger partial charge in [-0.05, 0) is 57.3 Å². The van der Waals surface area contributed by atoms with Crippen molar-refractivity contribution in [3.05, 3.63) is 30.3 Å². The number of carbonyl (C=O) groups excluding carboxylic acids is 1. The molecule has 1 heterocycles. The highest BCUT2D eigenvalue weighted by Crippen LogP contribution is 2.23. The first-order chi connectivity index (χ1) is 12.2. The zero-order valence-electron chi connectivity index (χ0n) is 15.6. The number of nitrogens with zero attached hydrogens (tertiary/aromatic N) is 1. The predicted molar refractivity (Wildman–Crippen MR) is 99.8 cm³/mol. The number of carbonyl (C=O) groups is 1. The summed E-state index contributed by atoms with van der Waals surface area (Å²) in [6, 6.07) is 10.4. The van der Waals surface area contributed by atoms with Gasteiger partial charge in [-0.15, -0.1) is 0 Å². The highest BCUT2D eigenvalue weighted by molar-refractivity contribution is 5.75. The van der Waals surface area contributed by atoms with Crippen molar-refractivity contribution < 1.29 is 14.3 Å². The van der Waals surface area contributed by atoms with Crippen LogP contribution in [0.3, 0.4) is 0 Å². The van der Waals surface area contributed by atoms with Crippen molar-refractivity contribution in [3.63, 3.8) is 0 Å². The van der Waals surface area contributed by atoms with Crippen LogP contribution in [-0.2, 0) is 9.53 Å². The van der Waals surface area contributed by atoms with Crippen LogP contribution < -0.4 is 10.1 Å². The van der Waals surface area contributed by atoms with Crippen LogP contribution in [0.25, 0.3) is 0 Å². The van der Waals surface area contributed by atoms with Gasteiger partial charge in [-0.25, -0.2) is 0 Å². The fraction of sp³-hybridized carbons (Fsp3) is 0.650. The first-order valence-corrected chi connectivity index (χ1v) is 9.36. The molecule has 140 valence electrons. The molecule has 0 radical (unpaired) electrons. The number of hydrogen-bond donors (Lipinski definition) is 1. The van der Waals surface area contributed by atoms with E-state index >= 15 is 0 Å². The Morgan fingerprint density at radius 1 is 1.28 bits per heavy atom. The van der Waals surface area contributed by atoms with Gasteiger partial charge in [-0.3, -0.25) is 9.69 Å². The summed E-state index contributed by atoms with van der Waals surface area (Å²) in [5.41, 5.74) is 0. The van der Waals surface area contributed by atoms with E-state index in [1.807, 2.05) is 30.3 Å². The van der Waals surface area contributed by atoms with Gasteiger partial charge < -0.3 is 14.8 Å². The second-order valence-corrected chi connectivity index (χ2v) is 6.83. The average molecular weight is 348 g/mol. The lowest BCUT2D eigenvalue weighted by molar-refractivity contribution is -0.121. The Morgan fingerprint density at radius 2 is 2.00 bits per heavy atom. The Kier molecular flexibility index (Phi) is 8.77. The number of rotatable bonds is 10. The summed E-state index contributed by atoms with van der Waals surface area (Å²) in [4.78, 5) is 14.3. The Balaban J connectivity index is 1.59. The van der Waals surface area contributed by atoms with E-state index in [9.17, 15) is 4.79 Å². The third kappa shape index (κ3) is 7.45. The normalized spacial score (nSPS) is 17.2. The topological polar surface area (TPSA) is 50.8 Å². The van der Waals surface area contributed by atoms with Crippen LogP contribution in [0.2, 0.25) is 0 Å². The minimum absolute atomic E-state index is 0.143. The van der Waals surface area contributed by atoms with Gasteiger partial charge >= 0.3 is 0 Å². The molecule has 5 heteroatoms. The quantitative estimate of drug-likeness (QED) is 0.661. The van der Waals surface area contributed by atoms with Crippen molar-refractivity contribution in [1.29, 1.82) is 0 Å². The van der Waals surface area contributed by atoms with Crippen LogP contribution in [-0.4, -0.2) is 56.8 Å². The number of amides is 1. The third-order valence-electron chi connectivity index (χ3n) is 4.91. The van der Waals surface area contributed by atoms with Gasteiger partial charge in [-0.1, -0.05) is 18.2 Å². The fourth-order valence-electron chi connectivity index (χ4n) is 3.24. The van der Waals surface area contributed by atoms with Gasteiger partial charge in [0.15, 0.2) is 0 Å². The Morgan fingerprint density at radius 3 is 2.68 bits per heavy atom. The molecule has 0 unspecified atom stereocenters. The summed E-state index contributed by atoms with van der Waals surface area (Å²) in [6.45, 7) is 6.31. The lowest BCUT2D eigenvalue weighted by Crippen LogP contribution is -2.42. The summed E-state index contributed by atoms with van der Waals surface area (Å²) in [5, 5.41) is 2.89. The smallest absolute Gasteiger partial charge is 0.220 e. The lowest BCUT2D eigenvalue weighted by atomic mass is 9.91. The second kappa shape index (κ2) is 11.1. The van der Waals surface area contributed by atoms with E-state index in [4.69, 9.17) is 9.47 Å². The molecular formula is C20H32N2O3. The van der Waals surface area contributed by atoms with E-state index in [0.717, 1.165) is 31.9 Å². The lowest BCUT2D eigenvalue weighted by Gasteiger charge is -2.35. The van der Waals surface area contributed by atoms with Crippen molar-refractivity contribution in [3.8, 4) is 5.75 Å². The fourth-order valence-corrected chi connectivity index (χ4v) is 3.24. The molecule has 0 saturated carbocycles. The summed E-state index contributed by atoms with van der Waals surface area (Å²) >= 11 is 0. The number of methoxy groups -OCH3 is 1. The van der Waals surface area contributed by atoms with E-state index in [0.29, 0.717) is 31.5 Å². The van der Waals surface area contributed by atoms with E-state index in [1.54, 1.807) is 7.11 Å². The molecule has 0 bridgehead atoms. The number of benzene rings is 1. The summed E-state index contributed by atoms with van der Waals surface area (Å²) in [5.74, 6) is 1.74. The molecule has 0 aromatic heterocycles. The zero-order valence-corrected chi connectivity index (χ0v) is 15.6. The second-order valence-electron chi connectivity index (χ2n) is 6.83. The van der Waals surface area contributed by atoms with Gasteiger partial charge in [0, 0.05) is 26.1 Å². The highest BCUT2D eigenvalue weighted by Gasteiger charge is 2.23. The van der Waals surface area contributed by atoms with Gasteiger partial charge in [0.2, 0.25) is 5.91 Å². The molecule has 0 aliphatic carbocycles. The molecular weight excluding hydrogens is 316 g/mol. The summed E-state index contributed by atoms with van der Waals surface area (Å²) in [7, 11) is 1.64. The minimum Gasteiger partial charge on any atom is -0.492 e. The maximum atomic E-state index is 11.8. The van der Waals surface area contributed by atoms with Crippen molar-refractivity contribution in [1.82, 2.24) is 10.2 Å². The van der Waals surface area contributed by atoms with E-state index in [2.05, 4.69) is 17.1 Å². The van der Waals surface area contributed by atoms with Crippen molar-refractivity contribution in [2.24, 2.45) is 5.92 Å². The first kappa shape index (κ1) is 19.7. The molecule has 1 aliphatic heterocycles. The van der Waals surface area contributed by atoms with E-state index in [1.165, 1.54) is 12.8 Å². The maximum absolute atomic E-state index is 11.8. The maximum Gasteiger partial charge on any atom is 0.220 e. The van der Waals surface area contributed by atoms with Crippen LogP contribution in [0.15, 0.2) is 30.3 Å². The standard InChI is InChI=1S/C20H32N2O3/c1-17(16-25-19-6-4-3-5-7-19)22-13-10-18(11-14-22)8-9-20(23)21-12-15-24-2/h3-7,17-18H,8-16H2,1-2H3,(H,21,23)/t17-/m1/s1. The summed E-state index contributed by atoms with van der Waals surface area (Å²) < 4.78 is 10.8. The van der Waals surface area contributed by atoms with Crippen LogP contribution in [0, 0.1) is 5.92 Å². The van der Waals surface area contributed by atoms with Gasteiger partial charge in [0.1, 0.15) is 12.4 Å². The molecule has 5 nitrogen and oxygen atoms in total. The number of ether oxygens (including phenoxy) is 2. The molecule has 1 aliphatic rings. The van der Waals surface area contributed by atoms with E-state index < -0.39 is 0 Å².